The van der Waals surface area contributed by atoms with Crippen LogP contribution in [0.5, 0.6) is 5.75 Å². The molecule has 3 rings (SSSR count). The molecule has 1 aliphatic heterocycles. The van der Waals surface area contributed by atoms with Gasteiger partial charge in [0.2, 0.25) is 5.91 Å². The van der Waals surface area contributed by atoms with Gasteiger partial charge in [0.1, 0.15) is 5.75 Å². The number of carbonyl (C=O) groups excluding carboxylic acids is 1. The van der Waals surface area contributed by atoms with Crippen molar-refractivity contribution in [2.45, 2.75) is 50.4 Å². The molecule has 6 heteroatoms. The van der Waals surface area contributed by atoms with Crippen LogP contribution in [0.25, 0.3) is 0 Å². The number of carbonyl (C=O) groups is 1. The largest absolute Gasteiger partial charge is 0.497 e. The predicted molar refractivity (Wildman–Crippen MR) is 114 cm³/mol. The smallest absolute Gasteiger partial charge is 0.230 e. The van der Waals surface area contributed by atoms with Gasteiger partial charge in [0.05, 0.1) is 19.1 Å². The number of amides is 1. The minimum atomic E-state index is -0.411. The standard InChI is InChI=1S/C22H34N2O3.ClH/c1-26-17-21(12-14-23-15-13-21)16-24-20(25)22(10-4-3-5-11-22)18-6-8-19(27-2)9-7-18;/h6-9,23H,3-5,10-17H2,1-2H3,(H,24,25);1H. The van der Waals surface area contributed by atoms with E-state index in [1.165, 1.54) is 6.42 Å². The van der Waals surface area contributed by atoms with Crippen molar-refractivity contribution in [2.24, 2.45) is 5.41 Å². The lowest BCUT2D eigenvalue weighted by Gasteiger charge is -2.40. The van der Waals surface area contributed by atoms with Crippen LogP contribution in [-0.2, 0) is 14.9 Å². The first-order valence-corrected chi connectivity index (χ1v) is 10.3. The van der Waals surface area contributed by atoms with Crippen LogP contribution in [0.4, 0.5) is 0 Å². The predicted octanol–water partition coefficient (Wildman–Crippen LogP) is 3.45. The second kappa shape index (κ2) is 10.5. The molecular weight excluding hydrogens is 376 g/mol. The maximum Gasteiger partial charge on any atom is 0.230 e. The van der Waals surface area contributed by atoms with E-state index in [1.54, 1.807) is 14.2 Å². The number of hydrogen-bond acceptors (Lipinski definition) is 4. The molecule has 1 aromatic carbocycles. The van der Waals surface area contributed by atoms with E-state index in [-0.39, 0.29) is 23.7 Å². The Morgan fingerprint density at radius 3 is 2.25 bits per heavy atom. The fourth-order valence-corrected chi connectivity index (χ4v) is 4.78. The zero-order chi connectivity index (χ0) is 19.2. The van der Waals surface area contributed by atoms with Crippen molar-refractivity contribution in [3.05, 3.63) is 29.8 Å². The fraction of sp³-hybridized carbons (Fsp3) is 0.682. The molecule has 1 saturated carbocycles. The molecule has 0 aromatic heterocycles. The highest BCUT2D eigenvalue weighted by molar-refractivity contribution is 5.88. The number of nitrogens with one attached hydrogen (secondary N) is 2. The first-order valence-electron chi connectivity index (χ1n) is 10.3. The van der Waals surface area contributed by atoms with Crippen LogP contribution in [0.2, 0.25) is 0 Å². The third-order valence-corrected chi connectivity index (χ3v) is 6.52. The van der Waals surface area contributed by atoms with Gasteiger partial charge in [0, 0.05) is 19.1 Å². The number of benzene rings is 1. The minimum Gasteiger partial charge on any atom is -0.497 e. The molecular formula is C22H35ClN2O3. The number of halogens is 1. The summed E-state index contributed by atoms with van der Waals surface area (Å²) < 4.78 is 10.8. The lowest BCUT2D eigenvalue weighted by molar-refractivity contribution is -0.129. The zero-order valence-electron chi connectivity index (χ0n) is 17.2. The highest BCUT2D eigenvalue weighted by Gasteiger charge is 2.42. The van der Waals surface area contributed by atoms with Crippen molar-refractivity contribution < 1.29 is 14.3 Å². The summed E-state index contributed by atoms with van der Waals surface area (Å²) in [5.41, 5.74) is 0.753. The van der Waals surface area contributed by atoms with Gasteiger partial charge < -0.3 is 20.1 Å². The number of rotatable bonds is 7. The fourth-order valence-electron chi connectivity index (χ4n) is 4.78. The molecule has 1 aromatic rings. The van der Waals surface area contributed by atoms with Crippen molar-refractivity contribution >= 4 is 18.3 Å². The van der Waals surface area contributed by atoms with E-state index in [2.05, 4.69) is 22.8 Å². The third-order valence-electron chi connectivity index (χ3n) is 6.52. The number of ether oxygens (including phenoxy) is 2. The van der Waals surface area contributed by atoms with Crippen LogP contribution in [0.15, 0.2) is 24.3 Å². The molecule has 5 nitrogen and oxygen atoms in total. The van der Waals surface area contributed by atoms with Gasteiger partial charge in [-0.1, -0.05) is 31.4 Å². The van der Waals surface area contributed by atoms with Crippen LogP contribution in [0.3, 0.4) is 0 Å². The molecule has 0 bridgehead atoms. The normalized spacial score (nSPS) is 20.6. The van der Waals surface area contributed by atoms with Gasteiger partial charge in [0.25, 0.3) is 0 Å². The Labute approximate surface area is 175 Å². The van der Waals surface area contributed by atoms with Gasteiger partial charge in [-0.25, -0.2) is 0 Å². The van der Waals surface area contributed by atoms with E-state index in [9.17, 15) is 4.79 Å². The summed E-state index contributed by atoms with van der Waals surface area (Å²) in [4.78, 5) is 13.5. The summed E-state index contributed by atoms with van der Waals surface area (Å²) in [5.74, 6) is 1.01. The Hall–Kier alpha value is -1.30. The number of piperidine rings is 1. The molecule has 0 atom stereocenters. The van der Waals surface area contributed by atoms with Gasteiger partial charge in [-0.05, 0) is 56.5 Å². The second-order valence-electron chi connectivity index (χ2n) is 8.24. The van der Waals surface area contributed by atoms with Gasteiger partial charge in [0.15, 0.2) is 0 Å². The number of hydrogen-bond donors (Lipinski definition) is 2. The first-order chi connectivity index (χ1) is 13.1. The summed E-state index contributed by atoms with van der Waals surface area (Å²) >= 11 is 0. The van der Waals surface area contributed by atoms with E-state index in [0.717, 1.165) is 62.9 Å². The molecule has 1 heterocycles. The van der Waals surface area contributed by atoms with Crippen molar-refractivity contribution in [3.8, 4) is 5.75 Å². The summed E-state index contributed by atoms with van der Waals surface area (Å²) in [6, 6.07) is 8.08. The van der Waals surface area contributed by atoms with Crippen molar-refractivity contribution in [3.63, 3.8) is 0 Å². The highest BCUT2D eigenvalue weighted by atomic mass is 35.5. The third kappa shape index (κ3) is 5.00. The highest BCUT2D eigenvalue weighted by Crippen LogP contribution is 2.40. The Balaban J connectivity index is 0.00000280. The van der Waals surface area contributed by atoms with Crippen molar-refractivity contribution in [2.75, 3.05) is 40.5 Å². The molecule has 2 aliphatic rings. The molecule has 1 saturated heterocycles. The lowest BCUT2D eigenvalue weighted by Crippen LogP contribution is -2.52. The average molecular weight is 411 g/mol. The Morgan fingerprint density at radius 1 is 1.04 bits per heavy atom. The molecule has 2 N–H and O–H groups in total. The molecule has 1 aliphatic carbocycles. The lowest BCUT2D eigenvalue weighted by atomic mass is 9.68. The maximum atomic E-state index is 13.5. The SMILES string of the molecule is COCC1(CNC(=O)C2(c3ccc(OC)cc3)CCCCC2)CCNCC1.Cl. The zero-order valence-corrected chi connectivity index (χ0v) is 18.0. The van der Waals surface area contributed by atoms with Crippen LogP contribution >= 0.6 is 12.4 Å². The molecule has 28 heavy (non-hydrogen) atoms. The molecule has 0 radical (unpaired) electrons. The van der Waals surface area contributed by atoms with E-state index in [4.69, 9.17) is 9.47 Å². The molecule has 0 unspecified atom stereocenters. The summed E-state index contributed by atoms with van der Waals surface area (Å²) in [6.07, 6.45) is 7.34. The first kappa shape index (κ1) is 23.0. The van der Waals surface area contributed by atoms with Crippen LogP contribution in [0, 0.1) is 5.41 Å². The van der Waals surface area contributed by atoms with Gasteiger partial charge in [-0.2, -0.15) is 0 Å². The van der Waals surface area contributed by atoms with Crippen LogP contribution in [0.1, 0.15) is 50.5 Å². The summed E-state index contributed by atoms with van der Waals surface area (Å²) in [6.45, 7) is 3.37. The van der Waals surface area contributed by atoms with Gasteiger partial charge in [-0.15, -0.1) is 12.4 Å². The van der Waals surface area contributed by atoms with Crippen LogP contribution < -0.4 is 15.4 Å². The number of methoxy groups -OCH3 is 2. The minimum absolute atomic E-state index is 0. The topological polar surface area (TPSA) is 59.6 Å². The van der Waals surface area contributed by atoms with Crippen molar-refractivity contribution in [1.82, 2.24) is 10.6 Å². The summed E-state index contributed by atoms with van der Waals surface area (Å²) in [5, 5.41) is 6.75. The van der Waals surface area contributed by atoms with E-state index in [1.807, 2.05) is 12.1 Å². The maximum absolute atomic E-state index is 13.5. The van der Waals surface area contributed by atoms with E-state index in [0.29, 0.717) is 13.2 Å². The van der Waals surface area contributed by atoms with Gasteiger partial charge in [-0.3, -0.25) is 4.79 Å². The Morgan fingerprint density at radius 2 is 1.68 bits per heavy atom. The molecule has 158 valence electrons. The van der Waals surface area contributed by atoms with Crippen LogP contribution in [-0.4, -0.2) is 46.4 Å². The van der Waals surface area contributed by atoms with E-state index < -0.39 is 5.41 Å². The average Bonchev–Trinajstić information content (AvgIpc) is 2.73. The Bertz CT molecular complexity index is 603. The molecule has 2 fully saturated rings. The summed E-state index contributed by atoms with van der Waals surface area (Å²) in [7, 11) is 3.43. The molecule has 1 amide bonds. The van der Waals surface area contributed by atoms with Crippen molar-refractivity contribution in [1.29, 1.82) is 0 Å². The Kier molecular flexibility index (Phi) is 8.59. The monoisotopic (exact) mass is 410 g/mol. The van der Waals surface area contributed by atoms with Gasteiger partial charge >= 0.3 is 0 Å². The van der Waals surface area contributed by atoms with E-state index >= 15 is 0 Å². The molecule has 0 spiro atoms. The quantitative estimate of drug-likeness (QED) is 0.722. The second-order valence-corrected chi connectivity index (χ2v) is 8.24.